The number of hydrogen-bond acceptors (Lipinski definition) is 3. The molecular weight excluding hydrogens is 190 g/mol. The summed E-state index contributed by atoms with van der Waals surface area (Å²) in [6, 6.07) is 8.00. The zero-order valence-corrected chi connectivity index (χ0v) is 8.49. The standard InChI is InChI=1S/C12H11NO2/c1-14-10-2-3-11-9(7-10)6-8-4-5-15-12(8)13-11/h2-3,6-7H,4-5H2,1H3. The summed E-state index contributed by atoms with van der Waals surface area (Å²) in [6.07, 6.45) is 0.954. The van der Waals surface area contributed by atoms with Crippen molar-refractivity contribution >= 4 is 10.9 Å². The Kier molecular flexibility index (Phi) is 1.78. The predicted molar refractivity (Wildman–Crippen MR) is 57.5 cm³/mol. The Labute approximate surface area is 87.6 Å². The second-order valence-electron chi connectivity index (χ2n) is 3.61. The van der Waals surface area contributed by atoms with Crippen molar-refractivity contribution in [2.24, 2.45) is 0 Å². The van der Waals surface area contributed by atoms with E-state index in [0.29, 0.717) is 0 Å². The van der Waals surface area contributed by atoms with Crippen LogP contribution in [-0.2, 0) is 6.42 Å². The predicted octanol–water partition coefficient (Wildman–Crippen LogP) is 2.18. The number of aromatic nitrogens is 1. The van der Waals surface area contributed by atoms with Gasteiger partial charge in [0.2, 0.25) is 5.88 Å². The summed E-state index contributed by atoms with van der Waals surface area (Å²) in [5, 5.41) is 1.11. The van der Waals surface area contributed by atoms with Crippen LogP contribution in [0.4, 0.5) is 0 Å². The minimum Gasteiger partial charge on any atom is -0.497 e. The number of ether oxygens (including phenoxy) is 2. The molecule has 0 saturated heterocycles. The summed E-state index contributed by atoms with van der Waals surface area (Å²) < 4.78 is 10.6. The van der Waals surface area contributed by atoms with Gasteiger partial charge in [-0.1, -0.05) is 0 Å². The molecule has 3 nitrogen and oxygen atoms in total. The highest BCUT2D eigenvalue weighted by atomic mass is 16.5. The Morgan fingerprint density at radius 1 is 1.33 bits per heavy atom. The first-order chi connectivity index (χ1) is 7.36. The average molecular weight is 201 g/mol. The van der Waals surface area contributed by atoms with Gasteiger partial charge in [-0.25, -0.2) is 4.98 Å². The van der Waals surface area contributed by atoms with Crippen molar-refractivity contribution in [3.8, 4) is 11.6 Å². The molecule has 1 aromatic heterocycles. The highest BCUT2D eigenvalue weighted by Crippen LogP contribution is 2.28. The molecule has 0 unspecified atom stereocenters. The van der Waals surface area contributed by atoms with Crippen molar-refractivity contribution in [3.63, 3.8) is 0 Å². The van der Waals surface area contributed by atoms with Crippen LogP contribution < -0.4 is 9.47 Å². The quantitative estimate of drug-likeness (QED) is 0.708. The number of benzene rings is 1. The highest BCUT2D eigenvalue weighted by molar-refractivity contribution is 5.81. The van der Waals surface area contributed by atoms with Gasteiger partial charge in [-0.2, -0.15) is 0 Å². The summed E-state index contributed by atoms with van der Waals surface area (Å²) >= 11 is 0. The summed E-state index contributed by atoms with van der Waals surface area (Å²) in [6.45, 7) is 0.746. The minimum atomic E-state index is 0.746. The van der Waals surface area contributed by atoms with Gasteiger partial charge >= 0.3 is 0 Å². The van der Waals surface area contributed by atoms with Crippen LogP contribution >= 0.6 is 0 Å². The number of methoxy groups -OCH3 is 1. The lowest BCUT2D eigenvalue weighted by Gasteiger charge is -2.04. The topological polar surface area (TPSA) is 31.4 Å². The minimum absolute atomic E-state index is 0.746. The number of nitrogens with zero attached hydrogens (tertiary/aromatic N) is 1. The third-order valence-electron chi connectivity index (χ3n) is 2.67. The number of rotatable bonds is 1. The second kappa shape index (κ2) is 3.12. The second-order valence-corrected chi connectivity index (χ2v) is 3.61. The van der Waals surface area contributed by atoms with Gasteiger partial charge in [-0.3, -0.25) is 0 Å². The molecular formula is C12H11NO2. The van der Waals surface area contributed by atoms with E-state index >= 15 is 0 Å². The molecule has 0 saturated carbocycles. The van der Waals surface area contributed by atoms with Gasteiger partial charge in [0, 0.05) is 17.4 Å². The van der Waals surface area contributed by atoms with Crippen LogP contribution in [0.5, 0.6) is 11.6 Å². The molecule has 0 amide bonds. The van der Waals surface area contributed by atoms with E-state index in [0.717, 1.165) is 35.6 Å². The fourth-order valence-electron chi connectivity index (χ4n) is 1.87. The lowest BCUT2D eigenvalue weighted by Crippen LogP contribution is -1.89. The van der Waals surface area contributed by atoms with Crippen LogP contribution in [-0.4, -0.2) is 18.7 Å². The number of hydrogen-bond donors (Lipinski definition) is 0. The van der Waals surface area contributed by atoms with Crippen molar-refractivity contribution in [2.45, 2.75) is 6.42 Å². The maximum Gasteiger partial charge on any atom is 0.217 e. The van der Waals surface area contributed by atoms with E-state index in [2.05, 4.69) is 11.1 Å². The molecule has 2 heterocycles. The molecule has 0 aliphatic carbocycles. The highest BCUT2D eigenvalue weighted by Gasteiger charge is 2.14. The molecule has 0 radical (unpaired) electrons. The Morgan fingerprint density at radius 3 is 3.13 bits per heavy atom. The van der Waals surface area contributed by atoms with E-state index in [1.807, 2.05) is 18.2 Å². The molecule has 2 aromatic rings. The molecule has 76 valence electrons. The van der Waals surface area contributed by atoms with Crippen LogP contribution in [0.2, 0.25) is 0 Å². The third kappa shape index (κ3) is 1.31. The first-order valence-corrected chi connectivity index (χ1v) is 4.97. The van der Waals surface area contributed by atoms with E-state index in [1.165, 1.54) is 5.56 Å². The monoisotopic (exact) mass is 201 g/mol. The van der Waals surface area contributed by atoms with E-state index in [9.17, 15) is 0 Å². The van der Waals surface area contributed by atoms with Crippen LogP contribution in [0, 0.1) is 0 Å². The van der Waals surface area contributed by atoms with Crippen molar-refractivity contribution in [3.05, 3.63) is 29.8 Å². The normalized spacial score (nSPS) is 13.7. The lowest BCUT2D eigenvalue weighted by molar-refractivity contribution is 0.346. The van der Waals surface area contributed by atoms with E-state index in [4.69, 9.17) is 9.47 Å². The van der Waals surface area contributed by atoms with Gasteiger partial charge < -0.3 is 9.47 Å². The molecule has 0 spiro atoms. The maximum absolute atomic E-state index is 5.42. The molecule has 1 aliphatic rings. The summed E-state index contributed by atoms with van der Waals surface area (Å²) in [7, 11) is 1.67. The number of fused-ring (bicyclic) bond motifs is 2. The Hall–Kier alpha value is -1.77. The van der Waals surface area contributed by atoms with Crippen LogP contribution in [0.1, 0.15) is 5.56 Å². The van der Waals surface area contributed by atoms with Crippen molar-refractivity contribution in [1.82, 2.24) is 4.98 Å². The van der Waals surface area contributed by atoms with Gasteiger partial charge in [-0.15, -0.1) is 0 Å². The molecule has 3 rings (SSSR count). The Balaban J connectivity index is 2.24. The van der Waals surface area contributed by atoms with Crippen molar-refractivity contribution in [2.75, 3.05) is 13.7 Å². The Bertz CT molecular complexity index is 522. The summed E-state index contributed by atoms with van der Waals surface area (Å²) in [4.78, 5) is 4.45. The fraction of sp³-hybridized carbons (Fsp3) is 0.250. The fourth-order valence-corrected chi connectivity index (χ4v) is 1.87. The maximum atomic E-state index is 5.42. The van der Waals surface area contributed by atoms with Gasteiger partial charge in [-0.05, 0) is 24.3 Å². The van der Waals surface area contributed by atoms with E-state index < -0.39 is 0 Å². The Morgan fingerprint density at radius 2 is 2.27 bits per heavy atom. The molecule has 0 atom stereocenters. The molecule has 0 N–H and O–H groups in total. The van der Waals surface area contributed by atoms with E-state index in [-0.39, 0.29) is 0 Å². The molecule has 0 bridgehead atoms. The third-order valence-corrected chi connectivity index (χ3v) is 2.67. The van der Waals surface area contributed by atoms with Crippen molar-refractivity contribution in [1.29, 1.82) is 0 Å². The van der Waals surface area contributed by atoms with Crippen molar-refractivity contribution < 1.29 is 9.47 Å². The average Bonchev–Trinajstić information content (AvgIpc) is 2.72. The zero-order valence-electron chi connectivity index (χ0n) is 8.49. The van der Waals surface area contributed by atoms with Gasteiger partial charge in [0.1, 0.15) is 5.75 Å². The smallest absolute Gasteiger partial charge is 0.217 e. The zero-order chi connectivity index (χ0) is 10.3. The van der Waals surface area contributed by atoms with Crippen LogP contribution in [0.3, 0.4) is 0 Å². The van der Waals surface area contributed by atoms with Gasteiger partial charge in [0.15, 0.2) is 0 Å². The summed E-state index contributed by atoms with van der Waals surface area (Å²) in [5.74, 6) is 1.65. The first-order valence-electron chi connectivity index (χ1n) is 4.97. The molecule has 15 heavy (non-hydrogen) atoms. The van der Waals surface area contributed by atoms with Gasteiger partial charge in [0.05, 0.1) is 19.2 Å². The van der Waals surface area contributed by atoms with Crippen LogP contribution in [0.15, 0.2) is 24.3 Å². The first kappa shape index (κ1) is 8.53. The SMILES string of the molecule is COc1ccc2nc3c(cc2c1)CCO3. The molecule has 1 aromatic carbocycles. The summed E-state index contributed by atoms with van der Waals surface area (Å²) in [5.41, 5.74) is 2.15. The largest absolute Gasteiger partial charge is 0.497 e. The van der Waals surface area contributed by atoms with E-state index in [1.54, 1.807) is 7.11 Å². The molecule has 0 fully saturated rings. The van der Waals surface area contributed by atoms with Gasteiger partial charge in [0.25, 0.3) is 0 Å². The molecule has 3 heteroatoms. The number of pyridine rings is 1. The lowest BCUT2D eigenvalue weighted by atomic mass is 10.1. The molecule has 1 aliphatic heterocycles. The van der Waals surface area contributed by atoms with Crippen LogP contribution in [0.25, 0.3) is 10.9 Å².